The van der Waals surface area contributed by atoms with Gasteiger partial charge in [-0.05, 0) is 25.8 Å². The van der Waals surface area contributed by atoms with Crippen molar-refractivity contribution in [2.24, 2.45) is 11.8 Å². The molecule has 15 heavy (non-hydrogen) atoms. The van der Waals surface area contributed by atoms with Gasteiger partial charge in [0.2, 0.25) is 5.91 Å². The van der Waals surface area contributed by atoms with E-state index in [2.05, 4.69) is 17.6 Å². The first-order valence-corrected chi connectivity index (χ1v) is 5.79. The van der Waals surface area contributed by atoms with Crippen molar-refractivity contribution >= 4 is 5.91 Å². The van der Waals surface area contributed by atoms with E-state index < -0.39 is 0 Å². The molecule has 4 nitrogen and oxygen atoms in total. The fourth-order valence-electron chi connectivity index (χ4n) is 2.30. The SMILES string of the molecule is CC1CC(C(=O)NC2CNCC2C)CO1. The second-order valence-electron chi connectivity index (χ2n) is 4.83. The molecule has 0 aromatic rings. The zero-order valence-corrected chi connectivity index (χ0v) is 9.45. The molecule has 1 amide bonds. The van der Waals surface area contributed by atoms with Crippen LogP contribution in [0.1, 0.15) is 20.3 Å². The van der Waals surface area contributed by atoms with Gasteiger partial charge in [-0.25, -0.2) is 0 Å². The van der Waals surface area contributed by atoms with E-state index in [9.17, 15) is 4.79 Å². The molecule has 0 aromatic heterocycles. The van der Waals surface area contributed by atoms with Crippen LogP contribution in [-0.2, 0) is 9.53 Å². The first-order chi connectivity index (χ1) is 7.16. The van der Waals surface area contributed by atoms with Gasteiger partial charge in [0.05, 0.1) is 18.6 Å². The second kappa shape index (κ2) is 4.49. The van der Waals surface area contributed by atoms with Crippen LogP contribution in [-0.4, -0.2) is 37.7 Å². The molecule has 2 heterocycles. The second-order valence-corrected chi connectivity index (χ2v) is 4.83. The summed E-state index contributed by atoms with van der Waals surface area (Å²) in [6.07, 6.45) is 1.10. The molecule has 0 spiro atoms. The Bertz CT molecular complexity index is 245. The number of amides is 1. The smallest absolute Gasteiger partial charge is 0.225 e. The average molecular weight is 212 g/mol. The molecule has 2 aliphatic rings. The Kier molecular flexibility index (Phi) is 3.26. The molecule has 0 radical (unpaired) electrons. The van der Waals surface area contributed by atoms with Crippen LogP contribution in [0.2, 0.25) is 0 Å². The molecular formula is C11H20N2O2. The standard InChI is InChI=1S/C11H20N2O2/c1-7-4-12-5-10(7)13-11(14)9-3-8(2)15-6-9/h7-10,12H,3-6H2,1-2H3,(H,13,14). The monoisotopic (exact) mass is 212 g/mol. The highest BCUT2D eigenvalue weighted by atomic mass is 16.5. The molecule has 4 unspecified atom stereocenters. The molecule has 4 atom stereocenters. The summed E-state index contributed by atoms with van der Waals surface area (Å²) < 4.78 is 5.40. The van der Waals surface area contributed by atoms with E-state index in [4.69, 9.17) is 4.74 Å². The molecule has 86 valence electrons. The highest BCUT2D eigenvalue weighted by molar-refractivity contribution is 5.79. The molecule has 0 saturated carbocycles. The molecule has 2 aliphatic heterocycles. The zero-order valence-electron chi connectivity index (χ0n) is 9.45. The summed E-state index contributed by atoms with van der Waals surface area (Å²) in [5.74, 6) is 0.765. The van der Waals surface area contributed by atoms with Crippen molar-refractivity contribution in [3.63, 3.8) is 0 Å². The third-order valence-electron chi connectivity index (χ3n) is 3.41. The summed E-state index contributed by atoms with van der Waals surface area (Å²) in [5, 5.41) is 6.39. The molecule has 2 fully saturated rings. The summed E-state index contributed by atoms with van der Waals surface area (Å²) in [5.41, 5.74) is 0. The van der Waals surface area contributed by atoms with E-state index in [0.717, 1.165) is 19.5 Å². The van der Waals surface area contributed by atoms with Crippen molar-refractivity contribution in [2.75, 3.05) is 19.7 Å². The maximum atomic E-state index is 11.9. The van der Waals surface area contributed by atoms with Crippen molar-refractivity contribution in [1.29, 1.82) is 0 Å². The minimum atomic E-state index is 0.0628. The molecular weight excluding hydrogens is 192 g/mol. The van der Waals surface area contributed by atoms with E-state index in [-0.39, 0.29) is 17.9 Å². The Hall–Kier alpha value is -0.610. The van der Waals surface area contributed by atoms with Crippen LogP contribution >= 0.6 is 0 Å². The van der Waals surface area contributed by atoms with Crippen molar-refractivity contribution in [3.05, 3.63) is 0 Å². The van der Waals surface area contributed by atoms with E-state index >= 15 is 0 Å². The van der Waals surface area contributed by atoms with Crippen LogP contribution in [0.5, 0.6) is 0 Å². The van der Waals surface area contributed by atoms with Gasteiger partial charge in [0.15, 0.2) is 0 Å². The van der Waals surface area contributed by atoms with Crippen LogP contribution in [0, 0.1) is 11.8 Å². The lowest BCUT2D eigenvalue weighted by Gasteiger charge is -2.18. The topological polar surface area (TPSA) is 50.4 Å². The molecule has 0 aromatic carbocycles. The van der Waals surface area contributed by atoms with Crippen molar-refractivity contribution in [1.82, 2.24) is 10.6 Å². The predicted octanol–water partition coefficient (Wildman–Crippen LogP) is 0.135. The third-order valence-corrected chi connectivity index (χ3v) is 3.41. The van der Waals surface area contributed by atoms with Crippen molar-refractivity contribution in [3.8, 4) is 0 Å². The molecule has 2 rings (SSSR count). The van der Waals surface area contributed by atoms with Gasteiger partial charge < -0.3 is 15.4 Å². The minimum Gasteiger partial charge on any atom is -0.378 e. The maximum absolute atomic E-state index is 11.9. The number of ether oxygens (including phenoxy) is 1. The Morgan fingerprint density at radius 1 is 1.40 bits per heavy atom. The molecule has 2 saturated heterocycles. The van der Waals surface area contributed by atoms with Gasteiger partial charge >= 0.3 is 0 Å². The highest BCUT2D eigenvalue weighted by Crippen LogP contribution is 2.19. The number of hydrogen-bond donors (Lipinski definition) is 2. The fourth-order valence-corrected chi connectivity index (χ4v) is 2.30. The van der Waals surface area contributed by atoms with Crippen LogP contribution in [0.25, 0.3) is 0 Å². The summed E-state index contributed by atoms with van der Waals surface area (Å²) >= 11 is 0. The third kappa shape index (κ3) is 2.49. The van der Waals surface area contributed by atoms with Crippen molar-refractivity contribution < 1.29 is 9.53 Å². The normalized spacial score (nSPS) is 40.7. The van der Waals surface area contributed by atoms with Gasteiger partial charge in [0, 0.05) is 12.6 Å². The first-order valence-electron chi connectivity index (χ1n) is 5.79. The lowest BCUT2D eigenvalue weighted by Crippen LogP contribution is -2.42. The molecule has 4 heteroatoms. The fraction of sp³-hybridized carbons (Fsp3) is 0.909. The van der Waals surface area contributed by atoms with E-state index in [1.54, 1.807) is 0 Å². The highest BCUT2D eigenvalue weighted by Gasteiger charge is 2.31. The Morgan fingerprint density at radius 2 is 2.20 bits per heavy atom. The Labute approximate surface area is 90.8 Å². The van der Waals surface area contributed by atoms with Gasteiger partial charge in [-0.1, -0.05) is 6.92 Å². The van der Waals surface area contributed by atoms with Crippen LogP contribution in [0.3, 0.4) is 0 Å². The van der Waals surface area contributed by atoms with Gasteiger partial charge in [0.25, 0.3) is 0 Å². The number of hydrogen-bond acceptors (Lipinski definition) is 3. The predicted molar refractivity (Wildman–Crippen MR) is 57.5 cm³/mol. The number of nitrogens with one attached hydrogen (secondary N) is 2. The van der Waals surface area contributed by atoms with Gasteiger partial charge in [-0.15, -0.1) is 0 Å². The number of rotatable bonds is 2. The van der Waals surface area contributed by atoms with Crippen LogP contribution < -0.4 is 10.6 Å². The van der Waals surface area contributed by atoms with Gasteiger partial charge in [-0.2, -0.15) is 0 Å². The largest absolute Gasteiger partial charge is 0.378 e. The molecule has 2 N–H and O–H groups in total. The first kappa shape index (κ1) is 10.9. The summed E-state index contributed by atoms with van der Waals surface area (Å²) in [4.78, 5) is 11.9. The lowest BCUT2D eigenvalue weighted by molar-refractivity contribution is -0.125. The average Bonchev–Trinajstić information content (AvgIpc) is 2.77. The molecule has 0 aliphatic carbocycles. The molecule has 0 bridgehead atoms. The zero-order chi connectivity index (χ0) is 10.8. The van der Waals surface area contributed by atoms with E-state index in [1.165, 1.54) is 0 Å². The summed E-state index contributed by atoms with van der Waals surface area (Å²) in [6.45, 7) is 6.67. The van der Waals surface area contributed by atoms with Gasteiger partial charge in [-0.3, -0.25) is 4.79 Å². The van der Waals surface area contributed by atoms with Crippen molar-refractivity contribution in [2.45, 2.75) is 32.4 Å². The summed E-state index contributed by atoms with van der Waals surface area (Å²) in [6, 6.07) is 0.299. The Morgan fingerprint density at radius 3 is 2.73 bits per heavy atom. The van der Waals surface area contributed by atoms with Crippen LogP contribution in [0.4, 0.5) is 0 Å². The number of carbonyl (C=O) groups excluding carboxylic acids is 1. The number of carbonyl (C=O) groups is 1. The van der Waals surface area contributed by atoms with Crippen LogP contribution in [0.15, 0.2) is 0 Å². The van der Waals surface area contributed by atoms with Gasteiger partial charge in [0.1, 0.15) is 0 Å². The lowest BCUT2D eigenvalue weighted by atomic mass is 10.0. The summed E-state index contributed by atoms with van der Waals surface area (Å²) in [7, 11) is 0. The Balaban J connectivity index is 1.81. The van der Waals surface area contributed by atoms with E-state index in [1.807, 2.05) is 6.92 Å². The maximum Gasteiger partial charge on any atom is 0.225 e. The van der Waals surface area contributed by atoms with E-state index in [0.29, 0.717) is 18.6 Å². The minimum absolute atomic E-state index is 0.0628. The quantitative estimate of drug-likeness (QED) is 0.684.